The van der Waals surface area contributed by atoms with Crippen LogP contribution in [0.2, 0.25) is 0 Å². The Balaban J connectivity index is 3.41. The minimum absolute atomic E-state index is 0.0178. The van der Waals surface area contributed by atoms with Crippen molar-refractivity contribution >= 4 is 11.9 Å². The van der Waals surface area contributed by atoms with E-state index in [0.29, 0.717) is 38.1 Å². The van der Waals surface area contributed by atoms with E-state index < -0.39 is 6.10 Å². The molecule has 1 aliphatic rings. The van der Waals surface area contributed by atoms with Gasteiger partial charge in [-0.15, -0.1) is 13.2 Å². The molecule has 6 nitrogen and oxygen atoms in total. The third-order valence-electron chi connectivity index (χ3n) is 5.58. The molecule has 3 atom stereocenters. The highest BCUT2D eigenvalue weighted by molar-refractivity contribution is 5.89. The molecule has 0 aromatic rings. The fourth-order valence-electron chi connectivity index (χ4n) is 4.07. The SMILES string of the molecule is C=CCN(CC=C)[C@H]1CC(C(=O)OCC)=C[C@@H](OC(CC)CC)[C@@H]1NC(=O)CC(C)(C)C. The predicted molar refractivity (Wildman–Crippen MR) is 130 cm³/mol. The molecule has 0 saturated carbocycles. The molecule has 1 rings (SSSR count). The number of ether oxygens (including phenoxy) is 2. The average Bonchev–Trinajstić information content (AvgIpc) is 2.71. The van der Waals surface area contributed by atoms with E-state index in [-0.39, 0.29) is 35.5 Å². The number of nitrogens with zero attached hydrogens (tertiary/aromatic N) is 1. The number of carbonyl (C=O) groups excluding carboxylic acids is 2. The number of amides is 1. The lowest BCUT2D eigenvalue weighted by atomic mass is 9.85. The fraction of sp³-hybridized carbons (Fsp3) is 0.692. The zero-order valence-corrected chi connectivity index (χ0v) is 21.0. The first kappa shape index (κ1) is 28.1. The van der Waals surface area contributed by atoms with Crippen LogP contribution in [-0.4, -0.2) is 60.8 Å². The average molecular weight is 449 g/mol. The topological polar surface area (TPSA) is 67.9 Å². The Hall–Kier alpha value is -1.92. The molecule has 0 bridgehead atoms. The first-order chi connectivity index (χ1) is 15.1. The molecule has 0 aromatic carbocycles. The Bertz CT molecular complexity index is 651. The zero-order chi connectivity index (χ0) is 24.3. The van der Waals surface area contributed by atoms with Crippen LogP contribution in [0.4, 0.5) is 0 Å². The summed E-state index contributed by atoms with van der Waals surface area (Å²) in [6, 6.07) is -0.456. The molecule has 1 aliphatic carbocycles. The van der Waals surface area contributed by atoms with E-state index in [2.05, 4.69) is 37.2 Å². The van der Waals surface area contributed by atoms with Crippen LogP contribution in [-0.2, 0) is 19.1 Å². The van der Waals surface area contributed by atoms with E-state index in [1.54, 1.807) is 6.92 Å². The molecule has 0 spiro atoms. The maximum Gasteiger partial charge on any atom is 0.333 e. The van der Waals surface area contributed by atoms with Gasteiger partial charge in [-0.3, -0.25) is 9.69 Å². The van der Waals surface area contributed by atoms with Crippen LogP contribution >= 0.6 is 0 Å². The van der Waals surface area contributed by atoms with Gasteiger partial charge in [0.2, 0.25) is 5.91 Å². The number of hydrogen-bond donors (Lipinski definition) is 1. The summed E-state index contributed by atoms with van der Waals surface area (Å²) in [5, 5.41) is 3.25. The van der Waals surface area contributed by atoms with Crippen LogP contribution in [0.25, 0.3) is 0 Å². The Kier molecular flexibility index (Phi) is 11.9. The van der Waals surface area contributed by atoms with E-state index in [9.17, 15) is 9.59 Å². The summed E-state index contributed by atoms with van der Waals surface area (Å²) in [4.78, 5) is 27.8. The molecule has 0 heterocycles. The fourth-order valence-corrected chi connectivity index (χ4v) is 4.07. The molecule has 0 aromatic heterocycles. The van der Waals surface area contributed by atoms with Crippen molar-refractivity contribution in [2.75, 3.05) is 19.7 Å². The Morgan fingerprint density at radius 2 is 1.78 bits per heavy atom. The van der Waals surface area contributed by atoms with Crippen LogP contribution in [0.5, 0.6) is 0 Å². The van der Waals surface area contributed by atoms with Gasteiger partial charge in [0.1, 0.15) is 0 Å². The smallest absolute Gasteiger partial charge is 0.333 e. The summed E-state index contributed by atoms with van der Waals surface area (Å²) in [6.07, 6.45) is 7.70. The van der Waals surface area contributed by atoms with Crippen LogP contribution in [0.1, 0.15) is 67.2 Å². The first-order valence-electron chi connectivity index (χ1n) is 11.9. The van der Waals surface area contributed by atoms with Crippen molar-refractivity contribution in [3.05, 3.63) is 37.0 Å². The second kappa shape index (κ2) is 13.6. The Morgan fingerprint density at radius 3 is 2.25 bits per heavy atom. The molecule has 1 N–H and O–H groups in total. The number of esters is 1. The maximum atomic E-state index is 13.0. The van der Waals surface area contributed by atoms with Crippen molar-refractivity contribution < 1.29 is 19.1 Å². The van der Waals surface area contributed by atoms with Gasteiger partial charge in [-0.2, -0.15) is 0 Å². The molecule has 0 aliphatic heterocycles. The minimum Gasteiger partial charge on any atom is -0.463 e. The van der Waals surface area contributed by atoms with Gasteiger partial charge in [0, 0.05) is 31.1 Å². The number of hydrogen-bond acceptors (Lipinski definition) is 5. The zero-order valence-electron chi connectivity index (χ0n) is 21.0. The molecule has 182 valence electrons. The molecule has 6 heteroatoms. The van der Waals surface area contributed by atoms with Gasteiger partial charge in [-0.1, -0.05) is 46.8 Å². The highest BCUT2D eigenvalue weighted by Gasteiger charge is 2.40. The van der Waals surface area contributed by atoms with Crippen LogP contribution in [0.3, 0.4) is 0 Å². The second-order valence-electron chi connectivity index (χ2n) is 9.59. The standard InChI is InChI=1S/C26H44N2O4/c1-9-14-28(15-10-2)21-16-19(25(30)31-13-5)17-22(32-20(11-3)12-4)24(21)27-23(29)18-26(6,7)8/h9-10,17,20-22,24H,1-2,11-16,18H2,3-8H3,(H,27,29)/t21-,22+,24+/m0/s1. The van der Waals surface area contributed by atoms with Gasteiger partial charge in [-0.05, 0) is 37.7 Å². The highest BCUT2D eigenvalue weighted by Crippen LogP contribution is 2.29. The molecule has 0 fully saturated rings. The van der Waals surface area contributed by atoms with Crippen LogP contribution in [0.15, 0.2) is 37.0 Å². The maximum absolute atomic E-state index is 13.0. The van der Waals surface area contributed by atoms with Crippen molar-refractivity contribution in [2.24, 2.45) is 5.41 Å². The lowest BCUT2D eigenvalue weighted by Crippen LogP contribution is -2.60. The van der Waals surface area contributed by atoms with Gasteiger partial charge in [0.25, 0.3) is 0 Å². The van der Waals surface area contributed by atoms with E-state index in [1.807, 2.05) is 39.0 Å². The molecule has 0 radical (unpaired) electrons. The van der Waals surface area contributed by atoms with E-state index in [0.717, 1.165) is 12.8 Å². The van der Waals surface area contributed by atoms with Crippen molar-refractivity contribution in [3.8, 4) is 0 Å². The summed E-state index contributed by atoms with van der Waals surface area (Å²) in [7, 11) is 0. The normalized spacial score (nSPS) is 21.2. The largest absolute Gasteiger partial charge is 0.463 e. The van der Waals surface area contributed by atoms with Crippen molar-refractivity contribution in [1.29, 1.82) is 0 Å². The summed E-state index contributed by atoms with van der Waals surface area (Å²) in [6.45, 7) is 21.4. The molecule has 1 amide bonds. The lowest BCUT2D eigenvalue weighted by molar-refractivity contribution is -0.139. The minimum atomic E-state index is -0.431. The number of carbonyl (C=O) groups is 2. The van der Waals surface area contributed by atoms with E-state index in [4.69, 9.17) is 9.47 Å². The third-order valence-corrected chi connectivity index (χ3v) is 5.58. The Morgan fingerprint density at radius 1 is 1.19 bits per heavy atom. The molecule has 0 saturated heterocycles. The number of rotatable bonds is 13. The lowest BCUT2D eigenvalue weighted by Gasteiger charge is -2.43. The van der Waals surface area contributed by atoms with Gasteiger partial charge in [0.05, 0.1) is 24.9 Å². The van der Waals surface area contributed by atoms with Crippen LogP contribution in [0, 0.1) is 5.41 Å². The summed E-state index contributed by atoms with van der Waals surface area (Å²) in [5.74, 6) is -0.344. The summed E-state index contributed by atoms with van der Waals surface area (Å²) in [5.41, 5.74) is 0.459. The highest BCUT2D eigenvalue weighted by atomic mass is 16.5. The van der Waals surface area contributed by atoms with Gasteiger partial charge < -0.3 is 14.8 Å². The van der Waals surface area contributed by atoms with Gasteiger partial charge in [-0.25, -0.2) is 4.79 Å². The van der Waals surface area contributed by atoms with Crippen LogP contribution < -0.4 is 5.32 Å². The third kappa shape index (κ3) is 8.91. The quantitative estimate of drug-likeness (QED) is 0.334. The van der Waals surface area contributed by atoms with Crippen molar-refractivity contribution in [1.82, 2.24) is 10.2 Å². The first-order valence-corrected chi connectivity index (χ1v) is 11.9. The van der Waals surface area contributed by atoms with E-state index >= 15 is 0 Å². The van der Waals surface area contributed by atoms with Crippen molar-refractivity contribution in [2.45, 2.75) is 91.5 Å². The van der Waals surface area contributed by atoms with E-state index in [1.165, 1.54) is 0 Å². The molecular formula is C26H44N2O4. The molecular weight excluding hydrogens is 404 g/mol. The monoisotopic (exact) mass is 448 g/mol. The molecule has 0 unspecified atom stereocenters. The Labute approximate surface area is 195 Å². The summed E-state index contributed by atoms with van der Waals surface area (Å²) < 4.78 is 11.8. The second-order valence-corrected chi connectivity index (χ2v) is 9.59. The molecule has 32 heavy (non-hydrogen) atoms. The summed E-state index contributed by atoms with van der Waals surface area (Å²) >= 11 is 0. The number of nitrogens with one attached hydrogen (secondary N) is 1. The van der Waals surface area contributed by atoms with Crippen molar-refractivity contribution in [3.63, 3.8) is 0 Å². The van der Waals surface area contributed by atoms with Gasteiger partial charge in [0.15, 0.2) is 0 Å². The van der Waals surface area contributed by atoms with Gasteiger partial charge >= 0.3 is 5.97 Å². The predicted octanol–water partition coefficient (Wildman–Crippen LogP) is 4.42.